The summed E-state index contributed by atoms with van der Waals surface area (Å²) in [6, 6.07) is 68.5. The van der Waals surface area contributed by atoms with Crippen LogP contribution in [-0.2, 0) is 6.42 Å². The zero-order chi connectivity index (χ0) is 43.3. The van der Waals surface area contributed by atoms with Crippen molar-refractivity contribution < 1.29 is 4.42 Å². The molecule has 0 N–H and O–H groups in total. The van der Waals surface area contributed by atoms with E-state index in [2.05, 4.69) is 192 Å². The number of benzene rings is 10. The van der Waals surface area contributed by atoms with Crippen molar-refractivity contribution in [3.63, 3.8) is 0 Å². The van der Waals surface area contributed by atoms with Crippen LogP contribution >= 0.6 is 0 Å². The Morgan fingerprint density at radius 1 is 0.379 bits per heavy atom. The number of anilines is 6. The van der Waals surface area contributed by atoms with E-state index >= 15 is 0 Å². The summed E-state index contributed by atoms with van der Waals surface area (Å²) in [5.41, 5.74) is 17.5. The number of rotatable bonds is 8. The third-order valence-electron chi connectivity index (χ3n) is 15.7. The Kier molecular flexibility index (Phi) is 8.69. The molecule has 3 heteroatoms. The summed E-state index contributed by atoms with van der Waals surface area (Å²) in [6.45, 7) is 0. The minimum Gasteiger partial charge on any atom is -0.454 e. The third-order valence-corrected chi connectivity index (χ3v) is 15.7. The van der Waals surface area contributed by atoms with Crippen molar-refractivity contribution in [1.29, 1.82) is 0 Å². The molecule has 318 valence electrons. The number of para-hydroxylation sites is 4. The van der Waals surface area contributed by atoms with E-state index in [0.717, 1.165) is 39.7 Å². The van der Waals surface area contributed by atoms with Crippen LogP contribution in [0.2, 0.25) is 0 Å². The lowest BCUT2D eigenvalue weighted by Crippen LogP contribution is -2.14. The number of hydrogen-bond acceptors (Lipinski definition) is 3. The lowest BCUT2D eigenvalue weighted by atomic mass is 9.82. The fourth-order valence-corrected chi connectivity index (χ4v) is 12.8. The minimum absolute atomic E-state index is 0.496. The molecule has 2 fully saturated rings. The van der Waals surface area contributed by atoms with E-state index in [9.17, 15) is 0 Å². The molecule has 0 spiro atoms. The molecule has 0 atom stereocenters. The van der Waals surface area contributed by atoms with Crippen molar-refractivity contribution in [2.24, 2.45) is 0 Å². The summed E-state index contributed by atoms with van der Waals surface area (Å²) in [7, 11) is 0. The first kappa shape index (κ1) is 38.0. The maximum absolute atomic E-state index is 6.87. The molecule has 0 unspecified atom stereocenters. The second-order valence-electron chi connectivity index (χ2n) is 19.2. The van der Waals surface area contributed by atoms with Gasteiger partial charge in [0.1, 0.15) is 5.58 Å². The summed E-state index contributed by atoms with van der Waals surface area (Å²) in [6.07, 6.45) is 10.9. The average Bonchev–Trinajstić information content (AvgIpc) is 4.23. The average molecular weight is 851 g/mol. The standard InChI is InChI=1S/C63H50N2O/c1-3-22-43(23-4-1)64(56-30-15-28-46-45-26-12-11-21-42(45)37-55(46)56)58-38-53(40-17-7-8-18-40)48-34-36-52-59(39-54(41-19-9-10-20-41)49-33-35-51(58)61(48)62(49)52)65(44-24-5-2-6-25-44)57-31-16-29-50-47-27-13-14-32-60(47)66-63(50)57/h1-6,11-16,21-36,38-41H,7-10,17-20,37H2. The summed E-state index contributed by atoms with van der Waals surface area (Å²) < 4.78 is 6.87. The summed E-state index contributed by atoms with van der Waals surface area (Å²) >= 11 is 0. The molecule has 3 aliphatic carbocycles. The van der Waals surface area contributed by atoms with Gasteiger partial charge in [0.25, 0.3) is 0 Å². The van der Waals surface area contributed by atoms with E-state index in [1.165, 1.54) is 140 Å². The zero-order valence-electron chi connectivity index (χ0n) is 37.1. The zero-order valence-corrected chi connectivity index (χ0v) is 37.1. The molecule has 0 amide bonds. The molecule has 3 aliphatic rings. The van der Waals surface area contributed by atoms with E-state index in [-0.39, 0.29) is 0 Å². The fraction of sp³-hybridized carbons (Fsp3) is 0.175. The Morgan fingerprint density at radius 3 is 1.53 bits per heavy atom. The van der Waals surface area contributed by atoms with Gasteiger partial charge >= 0.3 is 0 Å². The largest absolute Gasteiger partial charge is 0.454 e. The van der Waals surface area contributed by atoms with Gasteiger partial charge in [-0.05, 0) is 147 Å². The third kappa shape index (κ3) is 5.75. The molecule has 10 aromatic carbocycles. The van der Waals surface area contributed by atoms with Crippen LogP contribution in [0.3, 0.4) is 0 Å². The first-order chi connectivity index (χ1) is 32.8. The molecule has 0 saturated heterocycles. The van der Waals surface area contributed by atoms with Crippen LogP contribution in [0.15, 0.2) is 186 Å². The van der Waals surface area contributed by atoms with Gasteiger partial charge in [0, 0.05) is 39.3 Å². The predicted molar refractivity (Wildman–Crippen MR) is 277 cm³/mol. The van der Waals surface area contributed by atoms with E-state index in [1.54, 1.807) is 0 Å². The fourth-order valence-electron chi connectivity index (χ4n) is 12.8. The van der Waals surface area contributed by atoms with Crippen molar-refractivity contribution in [2.45, 2.75) is 69.6 Å². The molecule has 1 aromatic heterocycles. The van der Waals surface area contributed by atoms with Crippen LogP contribution in [0.4, 0.5) is 34.1 Å². The first-order valence-corrected chi connectivity index (χ1v) is 24.4. The van der Waals surface area contributed by atoms with Gasteiger partial charge in [0.15, 0.2) is 5.58 Å². The van der Waals surface area contributed by atoms with Crippen LogP contribution in [0, 0.1) is 0 Å². The molecule has 0 aliphatic heterocycles. The van der Waals surface area contributed by atoms with Gasteiger partial charge in [-0.15, -0.1) is 0 Å². The molecular weight excluding hydrogens is 801 g/mol. The smallest absolute Gasteiger partial charge is 0.159 e. The van der Waals surface area contributed by atoms with Crippen LogP contribution in [0.5, 0.6) is 0 Å². The van der Waals surface area contributed by atoms with Crippen LogP contribution in [0.25, 0.3) is 65.4 Å². The molecule has 0 radical (unpaired) electrons. The van der Waals surface area contributed by atoms with Crippen molar-refractivity contribution in [2.75, 3.05) is 9.80 Å². The lowest BCUT2D eigenvalue weighted by Gasteiger charge is -2.32. The number of furan rings is 1. The Bertz CT molecular complexity index is 3650. The van der Waals surface area contributed by atoms with E-state index < -0.39 is 0 Å². The molecule has 1 heterocycles. The number of fused-ring (bicyclic) bond motifs is 6. The second-order valence-corrected chi connectivity index (χ2v) is 19.2. The Hall–Kier alpha value is -7.36. The number of nitrogens with zero attached hydrogens (tertiary/aromatic N) is 2. The van der Waals surface area contributed by atoms with Crippen molar-refractivity contribution in [3.8, 4) is 11.1 Å². The Morgan fingerprint density at radius 2 is 0.879 bits per heavy atom. The molecular formula is C63H50N2O. The van der Waals surface area contributed by atoms with E-state index in [0.29, 0.717) is 11.8 Å². The normalized spacial score (nSPS) is 15.2. The highest BCUT2D eigenvalue weighted by Crippen LogP contribution is 2.55. The monoisotopic (exact) mass is 850 g/mol. The summed E-state index contributed by atoms with van der Waals surface area (Å²) in [5.74, 6) is 1.01. The van der Waals surface area contributed by atoms with Gasteiger partial charge in [-0.2, -0.15) is 0 Å². The van der Waals surface area contributed by atoms with Gasteiger partial charge in [-0.25, -0.2) is 0 Å². The van der Waals surface area contributed by atoms with Gasteiger partial charge in [-0.3, -0.25) is 0 Å². The minimum atomic E-state index is 0.496. The topological polar surface area (TPSA) is 19.6 Å². The maximum atomic E-state index is 6.87. The summed E-state index contributed by atoms with van der Waals surface area (Å²) in [4.78, 5) is 5.13. The second kappa shape index (κ2) is 15.1. The van der Waals surface area contributed by atoms with Crippen LogP contribution in [0.1, 0.15) is 85.5 Å². The molecule has 14 rings (SSSR count). The highest BCUT2D eigenvalue weighted by molar-refractivity contribution is 6.30. The van der Waals surface area contributed by atoms with Crippen molar-refractivity contribution >= 4 is 88.4 Å². The SMILES string of the molecule is c1ccc(N(c2cccc3c2Cc2ccccc2-3)c2cc(C3CCCC3)c3ccc4c(N(c5ccccc5)c5cccc6c5oc5ccccc56)cc(C5CCCC5)c5ccc2c3c54)cc1. The highest BCUT2D eigenvalue weighted by Gasteiger charge is 2.32. The maximum Gasteiger partial charge on any atom is 0.159 e. The highest BCUT2D eigenvalue weighted by atomic mass is 16.3. The van der Waals surface area contributed by atoms with E-state index in [4.69, 9.17) is 4.42 Å². The van der Waals surface area contributed by atoms with Gasteiger partial charge in [-0.1, -0.05) is 153 Å². The van der Waals surface area contributed by atoms with Gasteiger partial charge in [0.05, 0.1) is 22.7 Å². The predicted octanol–water partition coefficient (Wildman–Crippen LogP) is 18.3. The molecule has 2 saturated carbocycles. The Labute approximate surface area is 385 Å². The van der Waals surface area contributed by atoms with E-state index in [1.807, 2.05) is 0 Å². The number of hydrogen-bond donors (Lipinski definition) is 0. The van der Waals surface area contributed by atoms with Crippen LogP contribution in [-0.4, -0.2) is 0 Å². The van der Waals surface area contributed by atoms with Crippen molar-refractivity contribution in [1.82, 2.24) is 0 Å². The lowest BCUT2D eigenvalue weighted by molar-refractivity contribution is 0.669. The quantitative estimate of drug-likeness (QED) is 0.142. The van der Waals surface area contributed by atoms with Gasteiger partial charge in [0.2, 0.25) is 0 Å². The molecule has 11 aromatic rings. The first-order valence-electron chi connectivity index (χ1n) is 24.4. The van der Waals surface area contributed by atoms with Crippen LogP contribution < -0.4 is 9.80 Å². The summed E-state index contributed by atoms with van der Waals surface area (Å²) in [5, 5.41) is 10.5. The Balaban J connectivity index is 1.10. The molecule has 3 nitrogen and oxygen atoms in total. The molecule has 66 heavy (non-hydrogen) atoms. The molecule has 0 bridgehead atoms. The van der Waals surface area contributed by atoms with Gasteiger partial charge < -0.3 is 14.2 Å². The van der Waals surface area contributed by atoms with Crippen molar-refractivity contribution in [3.05, 3.63) is 204 Å².